The Bertz CT molecular complexity index is 1510. The largest absolute Gasteiger partial charge is 0.0791 e. The molecule has 0 spiro atoms. The number of fused-ring (bicyclic) bond motifs is 6. The predicted octanol–water partition coefficient (Wildman–Crippen LogP) is 8.53. The molecule has 0 unspecified atom stereocenters. The molecule has 0 fully saturated rings. The zero-order valence-corrected chi connectivity index (χ0v) is 26.9. The molecule has 6 rings (SSSR count). The maximum Gasteiger partial charge on any atom is 0.0791 e. The van der Waals surface area contributed by atoms with Crippen molar-refractivity contribution in [3.63, 3.8) is 0 Å². The van der Waals surface area contributed by atoms with E-state index in [0.29, 0.717) is 0 Å². The van der Waals surface area contributed by atoms with Crippen LogP contribution < -0.4 is 10.4 Å². The average molecular weight is 531 g/mol. The third kappa shape index (κ3) is 3.32. The van der Waals surface area contributed by atoms with E-state index in [1.54, 1.807) is 10.4 Å². The molecule has 2 aliphatic rings. The van der Waals surface area contributed by atoms with Gasteiger partial charge in [0, 0.05) is 10.8 Å². The summed E-state index contributed by atoms with van der Waals surface area (Å²) in [5, 5.41) is 3.23. The Morgan fingerprint density at radius 3 is 1.05 bits per heavy atom. The quantitative estimate of drug-likeness (QED) is 0.233. The molecular weight excluding hydrogens is 489 g/mol. The molecule has 0 bridgehead atoms. The van der Waals surface area contributed by atoms with Crippen LogP contribution in [0.15, 0.2) is 72.8 Å². The highest BCUT2D eigenvalue weighted by Crippen LogP contribution is 2.50. The SMILES string of the molecule is Cc1ccc2c(c1)C(C)(C)c1cc([Si](C)(C)[Si](C)(C)c3ccc4c(c3)C(C)(C)c3cc(C)ccc3-4)ccc1-2. The Labute approximate surface area is 232 Å². The summed E-state index contributed by atoms with van der Waals surface area (Å²) in [7, 11) is -3.59. The topological polar surface area (TPSA) is 0 Å². The van der Waals surface area contributed by atoms with E-state index < -0.39 is 15.2 Å². The van der Waals surface area contributed by atoms with Gasteiger partial charge in [0.05, 0.1) is 15.2 Å². The van der Waals surface area contributed by atoms with Crippen LogP contribution in [0, 0.1) is 13.8 Å². The van der Waals surface area contributed by atoms with Crippen molar-refractivity contribution >= 4 is 25.6 Å². The second kappa shape index (κ2) is 7.93. The van der Waals surface area contributed by atoms with E-state index in [1.165, 1.54) is 55.6 Å². The fraction of sp³-hybridized carbons (Fsp3) is 0.333. The second-order valence-corrected chi connectivity index (χ2v) is 29.3. The van der Waals surface area contributed by atoms with Crippen LogP contribution in [0.3, 0.4) is 0 Å². The summed E-state index contributed by atoms with van der Waals surface area (Å²) in [5.41, 5.74) is 14.5. The Balaban J connectivity index is 1.43. The zero-order valence-electron chi connectivity index (χ0n) is 24.9. The molecule has 4 aromatic carbocycles. The standard InChI is InChI=1S/C36H42Si2/c1-23-11-15-27-29-17-13-25(21-33(29)35(3,4)31(27)19-23)37(7,8)38(9,10)26-14-18-30-28-16-12-24(2)20-32(28)36(5,6)34(30)22-26/h11-22H,1-10H3. The lowest BCUT2D eigenvalue weighted by Gasteiger charge is -2.40. The Morgan fingerprint density at radius 2 is 0.711 bits per heavy atom. The molecule has 0 atom stereocenters. The van der Waals surface area contributed by atoms with E-state index in [9.17, 15) is 0 Å². The molecule has 2 heteroatoms. The van der Waals surface area contributed by atoms with Gasteiger partial charge in [-0.15, -0.1) is 0 Å². The van der Waals surface area contributed by atoms with E-state index in [0.717, 1.165) is 0 Å². The first-order chi connectivity index (χ1) is 17.7. The first-order valence-corrected chi connectivity index (χ1v) is 21.2. The summed E-state index contributed by atoms with van der Waals surface area (Å²) < 4.78 is 0. The van der Waals surface area contributed by atoms with Crippen LogP contribution >= 0.6 is 0 Å². The number of benzene rings is 4. The van der Waals surface area contributed by atoms with Gasteiger partial charge in [-0.3, -0.25) is 0 Å². The van der Waals surface area contributed by atoms with Gasteiger partial charge in [0.15, 0.2) is 0 Å². The fourth-order valence-electron chi connectivity index (χ4n) is 7.20. The number of aryl methyl sites for hydroxylation is 2. The van der Waals surface area contributed by atoms with E-state index in [1.807, 2.05) is 0 Å². The Hall–Kier alpha value is -2.69. The molecule has 0 aliphatic heterocycles. The molecule has 0 heterocycles. The maximum absolute atomic E-state index is 2.64. The molecule has 38 heavy (non-hydrogen) atoms. The van der Waals surface area contributed by atoms with E-state index in [4.69, 9.17) is 0 Å². The molecule has 2 aliphatic carbocycles. The van der Waals surface area contributed by atoms with Gasteiger partial charge in [-0.25, -0.2) is 0 Å². The molecular formula is C36H42Si2. The van der Waals surface area contributed by atoms with Gasteiger partial charge in [0.1, 0.15) is 0 Å². The maximum atomic E-state index is 2.64. The third-order valence-corrected chi connectivity index (χ3v) is 28.4. The molecule has 0 radical (unpaired) electrons. The summed E-state index contributed by atoms with van der Waals surface area (Å²) in [4.78, 5) is 0. The number of rotatable bonds is 3. The van der Waals surface area contributed by atoms with Crippen LogP contribution in [0.4, 0.5) is 0 Å². The van der Waals surface area contributed by atoms with E-state index in [2.05, 4.69) is 141 Å². The summed E-state index contributed by atoms with van der Waals surface area (Å²) in [6, 6.07) is 29.1. The van der Waals surface area contributed by atoms with Crippen molar-refractivity contribution in [1.29, 1.82) is 0 Å². The molecule has 0 saturated carbocycles. The summed E-state index contributed by atoms with van der Waals surface area (Å²) in [5.74, 6) is 0. The van der Waals surface area contributed by atoms with Gasteiger partial charge < -0.3 is 0 Å². The molecule has 0 aromatic heterocycles. The van der Waals surface area contributed by atoms with Crippen LogP contribution in [0.25, 0.3) is 22.3 Å². The van der Waals surface area contributed by atoms with Gasteiger partial charge in [0.2, 0.25) is 0 Å². The minimum atomic E-state index is -1.80. The molecule has 0 nitrogen and oxygen atoms in total. The van der Waals surface area contributed by atoms with Crippen molar-refractivity contribution in [2.24, 2.45) is 0 Å². The third-order valence-electron chi connectivity index (χ3n) is 10.7. The Morgan fingerprint density at radius 1 is 0.421 bits per heavy atom. The molecule has 0 N–H and O–H groups in total. The minimum Gasteiger partial charge on any atom is -0.0671 e. The lowest BCUT2D eigenvalue weighted by Crippen LogP contribution is -2.69. The first-order valence-electron chi connectivity index (χ1n) is 14.2. The van der Waals surface area contributed by atoms with Crippen LogP contribution in [0.1, 0.15) is 61.1 Å². The number of hydrogen-bond acceptors (Lipinski definition) is 0. The lowest BCUT2D eigenvalue weighted by atomic mass is 9.82. The van der Waals surface area contributed by atoms with Gasteiger partial charge >= 0.3 is 0 Å². The van der Waals surface area contributed by atoms with Crippen molar-refractivity contribution in [1.82, 2.24) is 0 Å². The van der Waals surface area contributed by atoms with Crippen molar-refractivity contribution in [2.45, 2.75) is 78.6 Å². The summed E-state index contributed by atoms with van der Waals surface area (Å²) >= 11 is 0. The van der Waals surface area contributed by atoms with Crippen LogP contribution in [0.5, 0.6) is 0 Å². The van der Waals surface area contributed by atoms with Gasteiger partial charge in [-0.2, -0.15) is 0 Å². The summed E-state index contributed by atoms with van der Waals surface area (Å²) in [6.07, 6.45) is 0. The molecule has 4 aromatic rings. The first kappa shape index (κ1) is 25.6. The van der Waals surface area contributed by atoms with Gasteiger partial charge in [-0.1, -0.05) is 148 Å². The highest BCUT2D eigenvalue weighted by molar-refractivity contribution is 7.50. The van der Waals surface area contributed by atoms with Crippen molar-refractivity contribution in [3.8, 4) is 22.3 Å². The van der Waals surface area contributed by atoms with Crippen molar-refractivity contribution in [2.75, 3.05) is 0 Å². The Kier molecular flexibility index (Phi) is 5.34. The molecule has 0 amide bonds. The summed E-state index contributed by atoms with van der Waals surface area (Å²) in [6.45, 7) is 24.6. The zero-order chi connectivity index (χ0) is 27.4. The number of hydrogen-bond donors (Lipinski definition) is 0. The van der Waals surface area contributed by atoms with Crippen LogP contribution in [0.2, 0.25) is 26.2 Å². The average Bonchev–Trinajstić information content (AvgIpc) is 3.22. The smallest absolute Gasteiger partial charge is 0.0671 e. The van der Waals surface area contributed by atoms with Crippen molar-refractivity contribution < 1.29 is 0 Å². The lowest BCUT2D eigenvalue weighted by molar-refractivity contribution is 0.660. The minimum absolute atomic E-state index is 0.0460. The highest BCUT2D eigenvalue weighted by atomic mass is 29.3. The normalized spacial score (nSPS) is 16.6. The van der Waals surface area contributed by atoms with Crippen molar-refractivity contribution in [3.05, 3.63) is 106 Å². The highest BCUT2D eigenvalue weighted by Gasteiger charge is 2.46. The van der Waals surface area contributed by atoms with Gasteiger partial charge in [-0.05, 0) is 58.4 Å². The van der Waals surface area contributed by atoms with E-state index >= 15 is 0 Å². The predicted molar refractivity (Wildman–Crippen MR) is 172 cm³/mol. The van der Waals surface area contributed by atoms with Gasteiger partial charge in [0.25, 0.3) is 0 Å². The second-order valence-electron chi connectivity index (χ2n) is 14.1. The molecule has 194 valence electrons. The fourth-order valence-corrected chi connectivity index (χ4v) is 15.9. The van der Waals surface area contributed by atoms with E-state index in [-0.39, 0.29) is 10.8 Å². The van der Waals surface area contributed by atoms with Crippen LogP contribution in [-0.4, -0.2) is 15.2 Å². The monoisotopic (exact) mass is 530 g/mol. The molecule has 0 saturated heterocycles. The van der Waals surface area contributed by atoms with Crippen LogP contribution in [-0.2, 0) is 10.8 Å².